The van der Waals surface area contributed by atoms with E-state index in [0.29, 0.717) is 11.1 Å². The van der Waals surface area contributed by atoms with E-state index in [2.05, 4.69) is 15.3 Å². The Bertz CT molecular complexity index is 829. The zero-order valence-corrected chi connectivity index (χ0v) is 11.9. The Hall–Kier alpha value is -2.89. The van der Waals surface area contributed by atoms with Crippen LogP contribution in [-0.4, -0.2) is 23.0 Å². The van der Waals surface area contributed by atoms with Gasteiger partial charge in [0.2, 0.25) is 0 Å². The second-order valence-electron chi connectivity index (χ2n) is 4.79. The fourth-order valence-electron chi connectivity index (χ4n) is 2.18. The van der Waals surface area contributed by atoms with E-state index < -0.39 is 5.82 Å². The normalized spacial score (nSPS) is 10.6. The Morgan fingerprint density at radius 1 is 1.32 bits per heavy atom. The van der Waals surface area contributed by atoms with Crippen LogP contribution in [-0.2, 0) is 6.54 Å². The topological polar surface area (TPSA) is 67.0 Å². The molecule has 1 amide bonds. The van der Waals surface area contributed by atoms with Crippen molar-refractivity contribution >= 4 is 16.9 Å². The van der Waals surface area contributed by atoms with Gasteiger partial charge in [0.05, 0.1) is 24.5 Å². The van der Waals surface area contributed by atoms with Crippen LogP contribution in [0.25, 0.3) is 11.0 Å². The average molecular weight is 299 g/mol. The van der Waals surface area contributed by atoms with Crippen molar-refractivity contribution in [3.63, 3.8) is 0 Å². The van der Waals surface area contributed by atoms with Crippen LogP contribution in [0.3, 0.4) is 0 Å². The van der Waals surface area contributed by atoms with Gasteiger partial charge >= 0.3 is 0 Å². The molecule has 1 heterocycles. The third kappa shape index (κ3) is 2.76. The van der Waals surface area contributed by atoms with Gasteiger partial charge in [-0.05, 0) is 35.9 Å². The van der Waals surface area contributed by atoms with Gasteiger partial charge in [-0.15, -0.1) is 0 Å². The number of imidazole rings is 1. The Morgan fingerprint density at radius 2 is 2.18 bits per heavy atom. The highest BCUT2D eigenvalue weighted by molar-refractivity contribution is 5.97. The number of halogens is 1. The molecule has 0 radical (unpaired) electrons. The zero-order valence-electron chi connectivity index (χ0n) is 11.9. The van der Waals surface area contributed by atoms with Gasteiger partial charge in [-0.1, -0.05) is 6.07 Å². The van der Waals surface area contributed by atoms with E-state index in [1.807, 2.05) is 0 Å². The van der Waals surface area contributed by atoms with Gasteiger partial charge in [0, 0.05) is 12.1 Å². The number of hydrogen-bond donors (Lipinski definition) is 2. The molecule has 0 fully saturated rings. The summed E-state index contributed by atoms with van der Waals surface area (Å²) in [6.07, 6.45) is 1.58. The number of H-pyrrole nitrogens is 1. The number of aromatic nitrogens is 2. The van der Waals surface area contributed by atoms with E-state index in [9.17, 15) is 9.18 Å². The van der Waals surface area contributed by atoms with Gasteiger partial charge in [0.1, 0.15) is 0 Å². The predicted molar refractivity (Wildman–Crippen MR) is 80.2 cm³/mol. The summed E-state index contributed by atoms with van der Waals surface area (Å²) in [4.78, 5) is 19.2. The number of aromatic amines is 1. The maximum atomic E-state index is 13.6. The van der Waals surface area contributed by atoms with Crippen LogP contribution >= 0.6 is 0 Å². The molecule has 0 aliphatic rings. The zero-order chi connectivity index (χ0) is 15.5. The molecule has 22 heavy (non-hydrogen) atoms. The van der Waals surface area contributed by atoms with Gasteiger partial charge in [-0.2, -0.15) is 0 Å². The molecule has 0 saturated carbocycles. The van der Waals surface area contributed by atoms with Crippen molar-refractivity contribution in [2.24, 2.45) is 0 Å². The highest BCUT2D eigenvalue weighted by Crippen LogP contribution is 2.17. The summed E-state index contributed by atoms with van der Waals surface area (Å²) in [7, 11) is 1.41. The van der Waals surface area contributed by atoms with Crippen molar-refractivity contribution in [3.05, 3.63) is 59.7 Å². The number of nitrogens with one attached hydrogen (secondary N) is 2. The molecule has 6 heteroatoms. The smallest absolute Gasteiger partial charge is 0.251 e. The number of benzene rings is 2. The lowest BCUT2D eigenvalue weighted by Crippen LogP contribution is -2.22. The van der Waals surface area contributed by atoms with Gasteiger partial charge in [-0.25, -0.2) is 9.37 Å². The summed E-state index contributed by atoms with van der Waals surface area (Å²) in [5, 5.41) is 2.76. The SMILES string of the molecule is COc1ccc(CNC(=O)c2ccc3nc[nH]c3c2)cc1F. The van der Waals surface area contributed by atoms with Crippen LogP contribution < -0.4 is 10.1 Å². The van der Waals surface area contributed by atoms with E-state index in [-0.39, 0.29) is 18.2 Å². The summed E-state index contributed by atoms with van der Waals surface area (Å²) in [6, 6.07) is 9.79. The number of fused-ring (bicyclic) bond motifs is 1. The molecule has 2 N–H and O–H groups in total. The van der Waals surface area contributed by atoms with Crippen molar-refractivity contribution in [3.8, 4) is 5.75 Å². The third-order valence-electron chi connectivity index (χ3n) is 3.35. The number of hydrogen-bond acceptors (Lipinski definition) is 3. The molecular formula is C16H14FN3O2. The van der Waals surface area contributed by atoms with Crippen molar-refractivity contribution in [2.75, 3.05) is 7.11 Å². The molecule has 0 atom stereocenters. The van der Waals surface area contributed by atoms with Crippen LogP contribution in [0.5, 0.6) is 5.75 Å². The molecule has 2 aromatic carbocycles. The van der Waals surface area contributed by atoms with Crippen LogP contribution in [0.1, 0.15) is 15.9 Å². The largest absolute Gasteiger partial charge is 0.494 e. The fraction of sp³-hybridized carbons (Fsp3) is 0.125. The number of methoxy groups -OCH3 is 1. The molecule has 0 aliphatic heterocycles. The van der Waals surface area contributed by atoms with E-state index in [4.69, 9.17) is 4.74 Å². The number of amides is 1. The lowest BCUT2D eigenvalue weighted by atomic mass is 10.1. The van der Waals surface area contributed by atoms with Gasteiger partial charge < -0.3 is 15.0 Å². The molecule has 112 valence electrons. The molecule has 3 aromatic rings. The molecule has 0 spiro atoms. The quantitative estimate of drug-likeness (QED) is 0.778. The minimum atomic E-state index is -0.451. The second-order valence-corrected chi connectivity index (χ2v) is 4.79. The van der Waals surface area contributed by atoms with E-state index in [1.165, 1.54) is 19.2 Å². The Balaban J connectivity index is 1.70. The third-order valence-corrected chi connectivity index (χ3v) is 3.35. The molecule has 1 aromatic heterocycles. The molecule has 3 rings (SSSR count). The first-order valence-corrected chi connectivity index (χ1v) is 6.71. The van der Waals surface area contributed by atoms with Gasteiger partial charge in [0.25, 0.3) is 5.91 Å². The van der Waals surface area contributed by atoms with E-state index in [1.54, 1.807) is 30.6 Å². The summed E-state index contributed by atoms with van der Waals surface area (Å²) in [5.74, 6) is -0.499. The highest BCUT2D eigenvalue weighted by atomic mass is 19.1. The van der Waals surface area contributed by atoms with Gasteiger partial charge in [0.15, 0.2) is 11.6 Å². The minimum Gasteiger partial charge on any atom is -0.494 e. The molecule has 0 saturated heterocycles. The summed E-state index contributed by atoms with van der Waals surface area (Å²) in [6.45, 7) is 0.237. The van der Waals surface area contributed by atoms with Crippen LogP contribution in [0, 0.1) is 5.82 Å². The maximum Gasteiger partial charge on any atom is 0.251 e. The first kappa shape index (κ1) is 14.1. The Labute approximate surface area is 126 Å². The number of nitrogens with zero attached hydrogens (tertiary/aromatic N) is 1. The fourth-order valence-corrected chi connectivity index (χ4v) is 2.18. The Kier molecular flexibility index (Phi) is 3.74. The highest BCUT2D eigenvalue weighted by Gasteiger charge is 2.08. The van der Waals surface area contributed by atoms with Gasteiger partial charge in [-0.3, -0.25) is 4.79 Å². The maximum absolute atomic E-state index is 13.6. The van der Waals surface area contributed by atoms with E-state index >= 15 is 0 Å². The molecule has 0 unspecified atom stereocenters. The summed E-state index contributed by atoms with van der Waals surface area (Å²) < 4.78 is 18.4. The second kappa shape index (κ2) is 5.85. The first-order chi connectivity index (χ1) is 10.7. The molecule has 0 bridgehead atoms. The Morgan fingerprint density at radius 3 is 2.95 bits per heavy atom. The molecule has 0 aliphatic carbocycles. The number of ether oxygens (including phenoxy) is 1. The average Bonchev–Trinajstić information content (AvgIpc) is 3.00. The number of carbonyl (C=O) groups excluding carboxylic acids is 1. The standard InChI is InChI=1S/C16H14FN3O2/c1-22-15-5-2-10(6-12(15)17)8-18-16(21)11-3-4-13-14(7-11)20-9-19-13/h2-7,9H,8H2,1H3,(H,18,21)(H,19,20). The first-order valence-electron chi connectivity index (χ1n) is 6.71. The lowest BCUT2D eigenvalue weighted by Gasteiger charge is -2.07. The van der Waals surface area contributed by atoms with Crippen molar-refractivity contribution < 1.29 is 13.9 Å². The molecular weight excluding hydrogens is 285 g/mol. The van der Waals surface area contributed by atoms with Crippen LogP contribution in [0.15, 0.2) is 42.7 Å². The lowest BCUT2D eigenvalue weighted by molar-refractivity contribution is 0.0951. The monoisotopic (exact) mass is 299 g/mol. The summed E-state index contributed by atoms with van der Waals surface area (Å²) in [5.41, 5.74) is 2.77. The van der Waals surface area contributed by atoms with E-state index in [0.717, 1.165) is 11.0 Å². The number of carbonyl (C=O) groups is 1. The minimum absolute atomic E-state index is 0.180. The molecule has 5 nitrogen and oxygen atoms in total. The van der Waals surface area contributed by atoms with Crippen molar-refractivity contribution in [1.29, 1.82) is 0 Å². The van der Waals surface area contributed by atoms with Crippen molar-refractivity contribution in [2.45, 2.75) is 6.54 Å². The summed E-state index contributed by atoms with van der Waals surface area (Å²) >= 11 is 0. The predicted octanol–water partition coefficient (Wildman–Crippen LogP) is 2.64. The van der Waals surface area contributed by atoms with Crippen molar-refractivity contribution in [1.82, 2.24) is 15.3 Å². The van der Waals surface area contributed by atoms with Crippen LogP contribution in [0.2, 0.25) is 0 Å². The number of rotatable bonds is 4. The van der Waals surface area contributed by atoms with Crippen LogP contribution in [0.4, 0.5) is 4.39 Å².